The van der Waals surface area contributed by atoms with E-state index in [4.69, 9.17) is 0 Å². The van der Waals surface area contributed by atoms with Crippen molar-refractivity contribution in [3.05, 3.63) is 0 Å². The first-order chi connectivity index (χ1) is 9.87. The molecule has 6 heteroatoms. The fourth-order valence-electron chi connectivity index (χ4n) is 3.68. The Hall–Kier alpha value is -0.620. The maximum absolute atomic E-state index is 12.6. The molecule has 0 bridgehead atoms. The van der Waals surface area contributed by atoms with Gasteiger partial charge in [-0.2, -0.15) is 0 Å². The predicted molar refractivity (Wildman–Crippen MR) is 83.8 cm³/mol. The molecule has 0 aromatic carbocycles. The van der Waals surface area contributed by atoms with Gasteiger partial charge in [0, 0.05) is 12.8 Å². The first-order valence-electron chi connectivity index (χ1n) is 8.05. The van der Waals surface area contributed by atoms with E-state index in [1.165, 1.54) is 25.5 Å². The van der Waals surface area contributed by atoms with Crippen molar-refractivity contribution in [3.63, 3.8) is 0 Å². The van der Waals surface area contributed by atoms with Gasteiger partial charge in [0.15, 0.2) is 14.6 Å². The number of hydrogen-bond acceptors (Lipinski definition) is 4. The van der Waals surface area contributed by atoms with Crippen LogP contribution in [0.4, 0.5) is 0 Å². The van der Waals surface area contributed by atoms with Gasteiger partial charge in [0.2, 0.25) is 5.91 Å². The predicted octanol–water partition coefficient (Wildman–Crippen LogP) is 1.10. The minimum absolute atomic E-state index is 0.288. The van der Waals surface area contributed by atoms with Crippen LogP contribution in [0.5, 0.6) is 0 Å². The highest BCUT2D eigenvalue weighted by molar-refractivity contribution is 7.92. The molecule has 1 heterocycles. The Kier molecular flexibility index (Phi) is 5.30. The van der Waals surface area contributed by atoms with Crippen molar-refractivity contribution in [2.75, 3.05) is 25.9 Å². The third kappa shape index (κ3) is 3.59. The molecule has 1 amide bonds. The zero-order chi connectivity index (χ0) is 15.5. The molecular formula is C15H28N2O3S. The lowest BCUT2D eigenvalue weighted by atomic mass is 9.80. The fourth-order valence-corrected chi connectivity index (χ4v) is 5.03. The summed E-state index contributed by atoms with van der Waals surface area (Å²) in [6, 6.07) is 0. The summed E-state index contributed by atoms with van der Waals surface area (Å²) in [6.45, 7) is 4.01. The summed E-state index contributed by atoms with van der Waals surface area (Å²) in [5.74, 6) is 0.812. The second-order valence-corrected chi connectivity index (χ2v) is 9.07. The van der Waals surface area contributed by atoms with Crippen molar-refractivity contribution in [3.8, 4) is 0 Å². The van der Waals surface area contributed by atoms with Crippen LogP contribution in [0.3, 0.4) is 0 Å². The van der Waals surface area contributed by atoms with Crippen molar-refractivity contribution in [1.82, 2.24) is 10.6 Å². The van der Waals surface area contributed by atoms with Gasteiger partial charge in [0.05, 0.1) is 0 Å². The molecule has 21 heavy (non-hydrogen) atoms. The molecule has 2 fully saturated rings. The average molecular weight is 316 g/mol. The van der Waals surface area contributed by atoms with Crippen LogP contribution in [0.25, 0.3) is 0 Å². The Bertz CT molecular complexity index is 469. The molecule has 122 valence electrons. The monoisotopic (exact) mass is 316 g/mol. The van der Waals surface area contributed by atoms with E-state index in [0.717, 1.165) is 6.42 Å². The molecule has 2 unspecified atom stereocenters. The van der Waals surface area contributed by atoms with Gasteiger partial charge in [-0.05, 0) is 44.2 Å². The summed E-state index contributed by atoms with van der Waals surface area (Å²) in [5.41, 5.74) is 0. The van der Waals surface area contributed by atoms with E-state index in [1.54, 1.807) is 0 Å². The maximum Gasteiger partial charge on any atom is 0.241 e. The van der Waals surface area contributed by atoms with Crippen LogP contribution in [-0.2, 0) is 14.6 Å². The van der Waals surface area contributed by atoms with Gasteiger partial charge in [-0.1, -0.05) is 26.2 Å². The van der Waals surface area contributed by atoms with Gasteiger partial charge in [-0.15, -0.1) is 0 Å². The quantitative estimate of drug-likeness (QED) is 0.814. The molecular weight excluding hydrogens is 288 g/mol. The Morgan fingerprint density at radius 2 is 1.86 bits per heavy atom. The van der Waals surface area contributed by atoms with Crippen LogP contribution < -0.4 is 10.6 Å². The molecule has 1 aliphatic carbocycles. The maximum atomic E-state index is 12.6. The largest absolute Gasteiger partial charge is 0.354 e. The van der Waals surface area contributed by atoms with Gasteiger partial charge in [-0.3, -0.25) is 4.79 Å². The Morgan fingerprint density at radius 1 is 1.24 bits per heavy atom. The number of carbonyl (C=O) groups excluding carboxylic acids is 1. The van der Waals surface area contributed by atoms with Crippen LogP contribution in [-0.4, -0.2) is 45.0 Å². The van der Waals surface area contributed by atoms with Crippen molar-refractivity contribution < 1.29 is 13.2 Å². The number of amides is 1. The van der Waals surface area contributed by atoms with Crippen LogP contribution in [0.15, 0.2) is 0 Å². The van der Waals surface area contributed by atoms with Crippen LogP contribution in [0, 0.1) is 11.8 Å². The van der Waals surface area contributed by atoms with Crippen molar-refractivity contribution in [2.24, 2.45) is 11.8 Å². The normalized spacial score (nSPS) is 29.8. The first kappa shape index (κ1) is 16.7. The van der Waals surface area contributed by atoms with Gasteiger partial charge < -0.3 is 10.6 Å². The van der Waals surface area contributed by atoms with E-state index >= 15 is 0 Å². The number of piperidine rings is 1. The standard InChI is InChI=1S/C15H28N2O3S/c1-12-5-3-4-6-13(12)11-17-14(18)15(21(2,19)20)7-9-16-10-8-15/h12-13,16H,3-11H2,1-2H3,(H,17,18). The van der Waals surface area contributed by atoms with Crippen LogP contribution in [0.1, 0.15) is 45.4 Å². The average Bonchev–Trinajstić information content (AvgIpc) is 2.45. The lowest BCUT2D eigenvalue weighted by Gasteiger charge is -2.35. The molecule has 2 N–H and O–H groups in total. The SMILES string of the molecule is CC1CCCCC1CNC(=O)C1(S(C)(=O)=O)CCNCC1. The first-order valence-corrected chi connectivity index (χ1v) is 9.94. The topological polar surface area (TPSA) is 75.3 Å². The lowest BCUT2D eigenvalue weighted by Crippen LogP contribution is -2.57. The minimum Gasteiger partial charge on any atom is -0.354 e. The summed E-state index contributed by atoms with van der Waals surface area (Å²) < 4.78 is 23.1. The molecule has 1 saturated carbocycles. The minimum atomic E-state index is -3.41. The molecule has 2 atom stereocenters. The van der Waals surface area contributed by atoms with Gasteiger partial charge in [-0.25, -0.2) is 8.42 Å². The van der Waals surface area contributed by atoms with E-state index in [-0.39, 0.29) is 5.91 Å². The van der Waals surface area contributed by atoms with Crippen LogP contribution >= 0.6 is 0 Å². The second-order valence-electron chi connectivity index (χ2n) is 6.75. The molecule has 2 aliphatic rings. The Labute approximate surface area is 128 Å². The summed E-state index contributed by atoms with van der Waals surface area (Å²) in [5, 5.41) is 6.09. The van der Waals surface area contributed by atoms with Crippen molar-refractivity contribution >= 4 is 15.7 Å². The molecule has 2 rings (SSSR count). The Morgan fingerprint density at radius 3 is 2.43 bits per heavy atom. The zero-order valence-corrected chi connectivity index (χ0v) is 14.0. The molecule has 5 nitrogen and oxygen atoms in total. The summed E-state index contributed by atoms with van der Waals surface area (Å²) in [6.07, 6.45) is 6.77. The third-order valence-corrected chi connectivity index (χ3v) is 7.36. The zero-order valence-electron chi connectivity index (χ0n) is 13.2. The fraction of sp³-hybridized carbons (Fsp3) is 0.933. The van der Waals surface area contributed by atoms with E-state index in [1.807, 2.05) is 0 Å². The third-order valence-electron chi connectivity index (χ3n) is 5.35. The highest BCUT2D eigenvalue weighted by Gasteiger charge is 2.48. The number of nitrogens with one attached hydrogen (secondary N) is 2. The van der Waals surface area contributed by atoms with Gasteiger partial charge in [0.1, 0.15) is 0 Å². The van der Waals surface area contributed by atoms with Crippen molar-refractivity contribution in [2.45, 2.75) is 50.2 Å². The molecule has 0 aromatic heterocycles. The summed E-state index contributed by atoms with van der Waals surface area (Å²) in [7, 11) is -3.41. The number of rotatable bonds is 4. The molecule has 0 aromatic rings. The molecule has 0 spiro atoms. The summed E-state index contributed by atoms with van der Waals surface area (Å²) in [4.78, 5) is 12.6. The van der Waals surface area contributed by atoms with Gasteiger partial charge >= 0.3 is 0 Å². The number of hydrogen-bond donors (Lipinski definition) is 2. The molecule has 1 aliphatic heterocycles. The Balaban J connectivity index is 2.02. The highest BCUT2D eigenvalue weighted by Crippen LogP contribution is 2.31. The number of sulfone groups is 1. The van der Waals surface area contributed by atoms with E-state index < -0.39 is 14.6 Å². The lowest BCUT2D eigenvalue weighted by molar-refractivity contribution is -0.124. The molecule has 1 saturated heterocycles. The smallest absolute Gasteiger partial charge is 0.241 e. The van der Waals surface area contributed by atoms with E-state index in [0.29, 0.717) is 44.3 Å². The van der Waals surface area contributed by atoms with Gasteiger partial charge in [0.25, 0.3) is 0 Å². The summed E-state index contributed by atoms with van der Waals surface area (Å²) >= 11 is 0. The highest BCUT2D eigenvalue weighted by atomic mass is 32.2. The second kappa shape index (κ2) is 6.65. The number of carbonyl (C=O) groups is 1. The van der Waals surface area contributed by atoms with E-state index in [9.17, 15) is 13.2 Å². The van der Waals surface area contributed by atoms with Crippen molar-refractivity contribution in [1.29, 1.82) is 0 Å². The molecule has 0 radical (unpaired) electrons. The van der Waals surface area contributed by atoms with Crippen LogP contribution in [0.2, 0.25) is 0 Å². The van der Waals surface area contributed by atoms with E-state index in [2.05, 4.69) is 17.6 Å².